The lowest BCUT2D eigenvalue weighted by Crippen LogP contribution is -2.44. The summed E-state index contributed by atoms with van der Waals surface area (Å²) in [4.78, 5) is 2.40. The van der Waals surface area contributed by atoms with Crippen LogP contribution in [0.1, 0.15) is 62.9 Å². The highest BCUT2D eigenvalue weighted by molar-refractivity contribution is 5.96. The highest BCUT2D eigenvalue weighted by Gasteiger charge is 2.59. The molecule has 14 rings (SSSR count). The highest BCUT2D eigenvalue weighted by Crippen LogP contribution is 2.68. The molecule has 0 saturated carbocycles. The molecule has 0 N–H and O–H groups in total. The van der Waals surface area contributed by atoms with Crippen LogP contribution in [-0.2, 0) is 10.8 Å². The Morgan fingerprint density at radius 2 is 0.667 bits per heavy atom. The van der Waals surface area contributed by atoms with Crippen LogP contribution in [0.15, 0.2) is 261 Å². The second kappa shape index (κ2) is 15.5. The largest absolute Gasteiger partial charge is 0.311 e. The maximum absolute atomic E-state index is 2.46. The van der Waals surface area contributed by atoms with Gasteiger partial charge in [0.1, 0.15) is 0 Å². The Kier molecular flexibility index (Phi) is 8.91. The average Bonchev–Trinajstić information content (AvgIpc) is 3.89. The molecule has 0 heterocycles. The van der Waals surface area contributed by atoms with E-state index in [-0.39, 0.29) is 0 Å². The Balaban J connectivity index is 0.998. The lowest BCUT2D eigenvalue weighted by molar-refractivity contribution is 0.634. The summed E-state index contributed by atoms with van der Waals surface area (Å²) in [6.45, 7) is 0. The van der Waals surface area contributed by atoms with E-state index in [1.54, 1.807) is 0 Å². The van der Waals surface area contributed by atoms with E-state index in [0.29, 0.717) is 0 Å². The number of anilines is 3. The van der Waals surface area contributed by atoms with Crippen molar-refractivity contribution in [2.24, 2.45) is 0 Å². The molecule has 0 fully saturated rings. The minimum atomic E-state index is -0.580. The van der Waals surface area contributed by atoms with Gasteiger partial charge in [0.15, 0.2) is 0 Å². The lowest BCUT2D eigenvalue weighted by Gasteiger charge is -2.49. The average molecular weight is 878 g/mol. The van der Waals surface area contributed by atoms with E-state index in [1.165, 1.54) is 100 Å². The molecule has 0 amide bonds. The summed E-state index contributed by atoms with van der Waals surface area (Å²) < 4.78 is 0. The maximum atomic E-state index is 2.46. The maximum Gasteiger partial charge on any atom is 0.0725 e. The Hall–Kier alpha value is -8.52. The van der Waals surface area contributed by atoms with Crippen molar-refractivity contribution in [2.75, 3.05) is 4.90 Å². The SMILES string of the molecule is C1=CC(c2ccc(N(c3ccc(-c4ccccc4)cc3)c3ccc(-c4cccc5c4C4(c6ccccc6-c6ccccc64)c4ccccc4C54c5ccccc5-c5ccccc54)cc3)cc2)=CCC1. The second-order valence-electron chi connectivity index (χ2n) is 18.9. The van der Waals surface area contributed by atoms with Crippen molar-refractivity contribution in [2.45, 2.75) is 23.7 Å². The van der Waals surface area contributed by atoms with Gasteiger partial charge in [-0.25, -0.2) is 0 Å². The van der Waals surface area contributed by atoms with Crippen LogP contribution in [0.5, 0.6) is 0 Å². The fraction of sp³-hybridized carbons (Fsp3) is 0.0588. The zero-order valence-electron chi connectivity index (χ0n) is 38.2. The van der Waals surface area contributed by atoms with E-state index < -0.39 is 10.8 Å². The van der Waals surface area contributed by atoms with Gasteiger partial charge in [-0.3, -0.25) is 0 Å². The topological polar surface area (TPSA) is 3.24 Å². The summed E-state index contributed by atoms with van der Waals surface area (Å²) >= 11 is 0. The van der Waals surface area contributed by atoms with Crippen LogP contribution in [0.25, 0.3) is 50.1 Å². The number of rotatable bonds is 6. The summed E-state index contributed by atoms with van der Waals surface area (Å²) in [5.74, 6) is 0. The Morgan fingerprint density at radius 1 is 0.275 bits per heavy atom. The minimum absolute atomic E-state index is 0.537. The molecular weight excluding hydrogens is 831 g/mol. The molecule has 324 valence electrons. The van der Waals surface area contributed by atoms with Gasteiger partial charge >= 0.3 is 0 Å². The molecule has 1 nitrogen and oxygen atoms in total. The van der Waals surface area contributed by atoms with Crippen LogP contribution in [0.4, 0.5) is 17.1 Å². The fourth-order valence-electron chi connectivity index (χ4n) is 12.8. The Labute approximate surface area is 404 Å². The van der Waals surface area contributed by atoms with E-state index in [2.05, 4.69) is 266 Å². The van der Waals surface area contributed by atoms with Gasteiger partial charge in [-0.2, -0.15) is 0 Å². The van der Waals surface area contributed by atoms with Crippen molar-refractivity contribution in [1.82, 2.24) is 0 Å². The van der Waals surface area contributed by atoms with Gasteiger partial charge in [0.2, 0.25) is 0 Å². The molecule has 69 heavy (non-hydrogen) atoms. The van der Waals surface area contributed by atoms with Crippen LogP contribution in [0.2, 0.25) is 0 Å². The molecule has 4 aliphatic carbocycles. The Bertz CT molecular complexity index is 3610. The number of benzene rings is 10. The predicted molar refractivity (Wildman–Crippen MR) is 287 cm³/mol. The molecule has 0 aliphatic heterocycles. The molecule has 0 bridgehead atoms. The molecule has 0 saturated heterocycles. The predicted octanol–water partition coefficient (Wildman–Crippen LogP) is 17.3. The molecule has 10 aromatic carbocycles. The summed E-state index contributed by atoms with van der Waals surface area (Å²) in [5.41, 5.74) is 25.6. The van der Waals surface area contributed by atoms with Crippen LogP contribution in [0.3, 0.4) is 0 Å². The van der Waals surface area contributed by atoms with Crippen LogP contribution >= 0.6 is 0 Å². The zero-order chi connectivity index (χ0) is 45.5. The molecule has 1 heteroatoms. The van der Waals surface area contributed by atoms with Gasteiger partial charge in [0, 0.05) is 17.1 Å². The van der Waals surface area contributed by atoms with E-state index in [4.69, 9.17) is 0 Å². The Morgan fingerprint density at radius 3 is 1.17 bits per heavy atom. The lowest BCUT2D eigenvalue weighted by atomic mass is 9.51. The second-order valence-corrected chi connectivity index (χ2v) is 18.9. The van der Waals surface area contributed by atoms with Crippen LogP contribution in [0, 0.1) is 0 Å². The fourth-order valence-corrected chi connectivity index (χ4v) is 12.8. The first-order valence-corrected chi connectivity index (χ1v) is 24.4. The smallest absolute Gasteiger partial charge is 0.0725 e. The standard InChI is InChI=1S/C68H47N/c1-3-18-46(19-4-1)48-34-40-51(41-35-48)69(52-42-36-49(37-43-52)47-20-5-2-6-21-47)53-44-38-50(39-45-53)54-26-17-33-65-66(54)68(61-29-13-9-24-57(61)58-25-10-14-30-62(58)68)64-32-16-15-31-63(64)67(65)59-27-11-7-22-55(59)56-23-8-12-28-60(56)67/h1,3-5,7-45H,2,6H2. The van der Waals surface area contributed by atoms with E-state index >= 15 is 0 Å². The molecule has 10 aromatic rings. The van der Waals surface area contributed by atoms with Crippen molar-refractivity contribution in [3.63, 3.8) is 0 Å². The number of hydrogen-bond donors (Lipinski definition) is 0. The third-order valence-electron chi connectivity index (χ3n) is 15.6. The van der Waals surface area contributed by atoms with Crippen molar-refractivity contribution in [1.29, 1.82) is 0 Å². The molecule has 0 radical (unpaired) electrons. The van der Waals surface area contributed by atoms with Gasteiger partial charge in [-0.15, -0.1) is 0 Å². The highest BCUT2D eigenvalue weighted by atomic mass is 15.1. The molecule has 0 aromatic heterocycles. The van der Waals surface area contributed by atoms with Crippen molar-refractivity contribution in [3.05, 3.63) is 311 Å². The number of fused-ring (bicyclic) bond motifs is 16. The number of nitrogens with zero attached hydrogens (tertiary/aromatic N) is 1. The van der Waals surface area contributed by atoms with E-state index in [0.717, 1.165) is 29.9 Å². The first-order valence-electron chi connectivity index (χ1n) is 24.4. The van der Waals surface area contributed by atoms with Gasteiger partial charge in [0.05, 0.1) is 10.8 Å². The third kappa shape index (κ3) is 5.65. The quantitative estimate of drug-likeness (QED) is 0.161. The van der Waals surface area contributed by atoms with E-state index in [1.807, 2.05) is 0 Å². The van der Waals surface area contributed by atoms with Gasteiger partial charge in [-0.05, 0) is 149 Å². The normalized spacial score (nSPS) is 14.8. The first-order chi connectivity index (χ1) is 34.2. The molecular formula is C68H47N. The molecule has 0 unspecified atom stereocenters. The van der Waals surface area contributed by atoms with Gasteiger partial charge < -0.3 is 4.90 Å². The minimum Gasteiger partial charge on any atom is -0.311 e. The summed E-state index contributed by atoms with van der Waals surface area (Å²) in [7, 11) is 0. The first kappa shape index (κ1) is 39.6. The van der Waals surface area contributed by atoms with Gasteiger partial charge in [-0.1, -0.05) is 224 Å². The van der Waals surface area contributed by atoms with Crippen LogP contribution in [-0.4, -0.2) is 0 Å². The monoisotopic (exact) mass is 877 g/mol. The van der Waals surface area contributed by atoms with Crippen molar-refractivity contribution >= 4 is 22.6 Å². The summed E-state index contributed by atoms with van der Waals surface area (Å²) in [6.07, 6.45) is 9.09. The summed E-state index contributed by atoms with van der Waals surface area (Å²) in [5, 5.41) is 0. The molecule has 4 aliphatic rings. The molecule has 2 spiro atoms. The third-order valence-corrected chi connectivity index (χ3v) is 15.6. The van der Waals surface area contributed by atoms with Crippen molar-refractivity contribution in [3.8, 4) is 44.5 Å². The van der Waals surface area contributed by atoms with Gasteiger partial charge in [0.25, 0.3) is 0 Å². The van der Waals surface area contributed by atoms with E-state index in [9.17, 15) is 0 Å². The number of allylic oxidation sites excluding steroid dienone is 4. The summed E-state index contributed by atoms with van der Waals surface area (Å²) in [6, 6.07) is 91.4. The number of hydrogen-bond acceptors (Lipinski definition) is 1. The molecule has 0 atom stereocenters. The van der Waals surface area contributed by atoms with Crippen LogP contribution < -0.4 is 4.90 Å². The van der Waals surface area contributed by atoms with Crippen molar-refractivity contribution < 1.29 is 0 Å². The zero-order valence-corrected chi connectivity index (χ0v) is 38.2.